The van der Waals surface area contributed by atoms with E-state index < -0.39 is 0 Å². The monoisotopic (exact) mass is 463 g/mol. The van der Waals surface area contributed by atoms with Gasteiger partial charge in [-0.3, -0.25) is 4.99 Å². The van der Waals surface area contributed by atoms with Gasteiger partial charge in [0, 0.05) is 43.2 Å². The lowest BCUT2D eigenvalue weighted by Gasteiger charge is -2.11. The Morgan fingerprint density at radius 1 is 1.25 bits per heavy atom. The lowest BCUT2D eigenvalue weighted by Crippen LogP contribution is -2.39. The van der Waals surface area contributed by atoms with E-state index in [1.54, 1.807) is 18.4 Å². The highest BCUT2D eigenvalue weighted by atomic mass is 127. The smallest absolute Gasteiger partial charge is 0.191 e. The van der Waals surface area contributed by atoms with Crippen molar-refractivity contribution in [1.82, 2.24) is 20.8 Å². The summed E-state index contributed by atoms with van der Waals surface area (Å²) in [5.74, 6) is 1.70. The minimum Gasteiger partial charge on any atom is -0.361 e. The fraction of sp³-hybridized carbons (Fsp3) is 0.562. The molecule has 0 fully saturated rings. The SMILES string of the molecule is CCc1cnc(CCNC(=NC)NCCc2c(C)noc2C)s1.I. The molecule has 0 aliphatic heterocycles. The summed E-state index contributed by atoms with van der Waals surface area (Å²) in [7, 11) is 1.78. The molecular formula is C16H26IN5OS. The molecule has 24 heavy (non-hydrogen) atoms. The summed E-state index contributed by atoms with van der Waals surface area (Å²) in [6.07, 6.45) is 4.80. The van der Waals surface area contributed by atoms with Gasteiger partial charge in [-0.25, -0.2) is 4.98 Å². The number of aliphatic imine (C=N–C) groups is 1. The van der Waals surface area contributed by atoms with Crippen LogP contribution < -0.4 is 10.6 Å². The number of nitrogens with zero attached hydrogens (tertiary/aromatic N) is 3. The highest BCUT2D eigenvalue weighted by Crippen LogP contribution is 2.13. The van der Waals surface area contributed by atoms with Gasteiger partial charge in [0.2, 0.25) is 0 Å². The van der Waals surface area contributed by atoms with Gasteiger partial charge in [-0.05, 0) is 26.7 Å². The van der Waals surface area contributed by atoms with Gasteiger partial charge in [0.05, 0.1) is 10.7 Å². The fourth-order valence-corrected chi connectivity index (χ4v) is 3.16. The Morgan fingerprint density at radius 3 is 2.50 bits per heavy atom. The molecule has 0 amide bonds. The molecule has 0 saturated heterocycles. The fourth-order valence-electron chi connectivity index (χ4n) is 2.30. The van der Waals surface area contributed by atoms with Crippen molar-refractivity contribution >= 4 is 41.3 Å². The molecule has 8 heteroatoms. The van der Waals surface area contributed by atoms with E-state index in [2.05, 4.69) is 32.7 Å². The predicted octanol–water partition coefficient (Wildman–Crippen LogP) is 2.88. The summed E-state index contributed by atoms with van der Waals surface area (Å²) in [6.45, 7) is 7.68. The van der Waals surface area contributed by atoms with Crippen molar-refractivity contribution in [2.45, 2.75) is 40.0 Å². The third-order valence-electron chi connectivity index (χ3n) is 3.65. The maximum Gasteiger partial charge on any atom is 0.191 e. The van der Waals surface area contributed by atoms with E-state index in [1.165, 1.54) is 15.4 Å². The number of aryl methyl sites for hydroxylation is 3. The van der Waals surface area contributed by atoms with Crippen LogP contribution in [0, 0.1) is 13.8 Å². The Balaban J connectivity index is 0.00000288. The Hall–Kier alpha value is -1.16. The first kappa shape index (κ1) is 20.9. The zero-order chi connectivity index (χ0) is 16.7. The third-order valence-corrected chi connectivity index (χ3v) is 4.85. The van der Waals surface area contributed by atoms with Crippen LogP contribution in [0.1, 0.15) is 33.8 Å². The maximum absolute atomic E-state index is 5.17. The first-order valence-electron chi connectivity index (χ1n) is 7.93. The minimum atomic E-state index is 0. The summed E-state index contributed by atoms with van der Waals surface area (Å²) in [5.41, 5.74) is 2.13. The molecule has 2 rings (SSSR count). The average Bonchev–Trinajstić information content (AvgIpc) is 3.14. The van der Waals surface area contributed by atoms with Gasteiger partial charge in [-0.15, -0.1) is 35.3 Å². The molecule has 0 bridgehead atoms. The molecule has 134 valence electrons. The van der Waals surface area contributed by atoms with E-state index in [0.29, 0.717) is 0 Å². The topological polar surface area (TPSA) is 75.3 Å². The molecule has 2 aromatic heterocycles. The molecule has 0 radical (unpaired) electrons. The van der Waals surface area contributed by atoms with Gasteiger partial charge in [-0.2, -0.15) is 0 Å². The van der Waals surface area contributed by atoms with Gasteiger partial charge >= 0.3 is 0 Å². The zero-order valence-corrected chi connectivity index (χ0v) is 17.8. The quantitative estimate of drug-likeness (QED) is 0.375. The Labute approximate surface area is 164 Å². The highest BCUT2D eigenvalue weighted by molar-refractivity contribution is 14.0. The van der Waals surface area contributed by atoms with Crippen molar-refractivity contribution in [3.05, 3.63) is 33.1 Å². The molecular weight excluding hydrogens is 437 g/mol. The molecule has 0 saturated carbocycles. The van der Waals surface area contributed by atoms with Crippen molar-refractivity contribution in [3.8, 4) is 0 Å². The van der Waals surface area contributed by atoms with Crippen LogP contribution in [0.5, 0.6) is 0 Å². The van der Waals surface area contributed by atoms with E-state index in [-0.39, 0.29) is 24.0 Å². The predicted molar refractivity (Wildman–Crippen MR) is 110 cm³/mol. The number of hydrogen-bond donors (Lipinski definition) is 2. The van der Waals surface area contributed by atoms with Crippen LogP contribution in [0.3, 0.4) is 0 Å². The van der Waals surface area contributed by atoms with Gasteiger partial charge in [0.15, 0.2) is 5.96 Å². The Kier molecular flexibility index (Phi) is 9.27. The van der Waals surface area contributed by atoms with Crippen molar-refractivity contribution < 1.29 is 4.52 Å². The summed E-state index contributed by atoms with van der Waals surface area (Å²) >= 11 is 1.78. The molecule has 0 aliphatic carbocycles. The maximum atomic E-state index is 5.17. The average molecular weight is 463 g/mol. The number of rotatable bonds is 7. The van der Waals surface area contributed by atoms with Crippen LogP contribution in [-0.2, 0) is 19.3 Å². The summed E-state index contributed by atoms with van der Waals surface area (Å²) in [4.78, 5) is 10.0. The van der Waals surface area contributed by atoms with Crippen molar-refractivity contribution in [3.63, 3.8) is 0 Å². The first-order valence-corrected chi connectivity index (χ1v) is 8.75. The van der Waals surface area contributed by atoms with E-state index in [9.17, 15) is 0 Å². The van der Waals surface area contributed by atoms with E-state index in [0.717, 1.165) is 49.8 Å². The van der Waals surface area contributed by atoms with E-state index in [1.807, 2.05) is 20.0 Å². The molecule has 2 N–H and O–H groups in total. The van der Waals surface area contributed by atoms with Gasteiger partial charge in [0.1, 0.15) is 5.76 Å². The second-order valence-electron chi connectivity index (χ2n) is 5.30. The van der Waals surface area contributed by atoms with Crippen LogP contribution in [0.4, 0.5) is 0 Å². The molecule has 0 aliphatic rings. The number of thiazole rings is 1. The van der Waals surface area contributed by atoms with E-state index in [4.69, 9.17) is 4.52 Å². The van der Waals surface area contributed by atoms with Gasteiger partial charge in [-0.1, -0.05) is 12.1 Å². The van der Waals surface area contributed by atoms with Crippen LogP contribution in [0.15, 0.2) is 15.7 Å². The molecule has 0 atom stereocenters. The molecule has 2 heterocycles. The van der Waals surface area contributed by atoms with Gasteiger partial charge in [0.25, 0.3) is 0 Å². The minimum absolute atomic E-state index is 0. The van der Waals surface area contributed by atoms with Crippen molar-refractivity contribution in [2.24, 2.45) is 4.99 Å². The summed E-state index contributed by atoms with van der Waals surface area (Å²) in [6, 6.07) is 0. The van der Waals surface area contributed by atoms with Crippen molar-refractivity contribution in [2.75, 3.05) is 20.1 Å². The number of hydrogen-bond acceptors (Lipinski definition) is 5. The summed E-state index contributed by atoms with van der Waals surface area (Å²) < 4.78 is 5.17. The number of guanidine groups is 1. The molecule has 0 spiro atoms. The normalized spacial score (nSPS) is 11.2. The van der Waals surface area contributed by atoms with Crippen LogP contribution in [0.25, 0.3) is 0 Å². The van der Waals surface area contributed by atoms with Crippen LogP contribution in [0.2, 0.25) is 0 Å². The van der Waals surface area contributed by atoms with Crippen LogP contribution in [-0.4, -0.2) is 36.2 Å². The molecule has 0 unspecified atom stereocenters. The number of halogens is 1. The Bertz CT molecular complexity index is 633. The summed E-state index contributed by atoms with van der Waals surface area (Å²) in [5, 5.41) is 11.8. The van der Waals surface area contributed by atoms with Crippen LogP contribution >= 0.6 is 35.3 Å². The first-order chi connectivity index (χ1) is 11.1. The van der Waals surface area contributed by atoms with Gasteiger partial charge < -0.3 is 15.2 Å². The molecule has 2 aromatic rings. The largest absolute Gasteiger partial charge is 0.361 e. The molecule has 0 aromatic carbocycles. The number of aromatic nitrogens is 2. The zero-order valence-electron chi connectivity index (χ0n) is 14.7. The second kappa shape index (κ2) is 10.7. The highest BCUT2D eigenvalue weighted by Gasteiger charge is 2.08. The van der Waals surface area contributed by atoms with Crippen molar-refractivity contribution in [1.29, 1.82) is 0 Å². The number of nitrogens with one attached hydrogen (secondary N) is 2. The Morgan fingerprint density at radius 2 is 1.96 bits per heavy atom. The standard InChI is InChI=1S/C16H25N5OS.HI/c1-5-13-10-20-15(23-13)7-9-19-16(17-4)18-8-6-14-11(2)21-22-12(14)3;/h10H,5-9H2,1-4H3,(H2,17,18,19);1H. The lowest BCUT2D eigenvalue weighted by molar-refractivity contribution is 0.392. The van der Waals surface area contributed by atoms with E-state index >= 15 is 0 Å². The molecule has 6 nitrogen and oxygen atoms in total. The third kappa shape index (κ3) is 6.04. The second-order valence-corrected chi connectivity index (χ2v) is 6.50. The lowest BCUT2D eigenvalue weighted by atomic mass is 10.1.